The molecule has 1 heteroatoms. The first-order valence-electron chi connectivity index (χ1n) is 4.47. The molecule has 1 nitrogen and oxygen atoms in total. The van der Waals surface area contributed by atoms with Gasteiger partial charge in [0.2, 0.25) is 0 Å². The molecule has 0 unspecified atom stereocenters. The number of rotatable bonds is 2. The van der Waals surface area contributed by atoms with E-state index in [0.717, 1.165) is 11.5 Å². The fraction of sp³-hybridized carbons (Fsp3) is 0.333. The molecule has 0 fully saturated rings. The zero-order valence-electron chi connectivity index (χ0n) is 8.72. The number of allylic oxidation sites excluding steroid dienone is 2. The minimum absolute atomic E-state index is 0.924. The van der Waals surface area contributed by atoms with Crippen molar-refractivity contribution < 1.29 is 4.42 Å². The monoisotopic (exact) mass is 176 g/mol. The van der Waals surface area contributed by atoms with Crippen LogP contribution in [0.25, 0.3) is 12.2 Å². The van der Waals surface area contributed by atoms with Crippen molar-refractivity contribution in [1.29, 1.82) is 0 Å². The highest BCUT2D eigenvalue weighted by atomic mass is 16.3. The van der Waals surface area contributed by atoms with Crippen molar-refractivity contribution in [3.05, 3.63) is 34.8 Å². The molecule has 0 N–H and O–H groups in total. The van der Waals surface area contributed by atoms with Gasteiger partial charge in [0.05, 0.1) is 0 Å². The van der Waals surface area contributed by atoms with Gasteiger partial charge in [0.1, 0.15) is 11.5 Å². The van der Waals surface area contributed by atoms with Crippen LogP contribution in [0.2, 0.25) is 0 Å². The van der Waals surface area contributed by atoms with E-state index in [-0.39, 0.29) is 0 Å². The molecule has 1 heterocycles. The van der Waals surface area contributed by atoms with Gasteiger partial charge in [-0.25, -0.2) is 0 Å². The van der Waals surface area contributed by atoms with Crippen LogP contribution in [0, 0.1) is 0 Å². The van der Waals surface area contributed by atoms with Gasteiger partial charge in [-0.3, -0.25) is 0 Å². The van der Waals surface area contributed by atoms with Gasteiger partial charge in [-0.1, -0.05) is 11.1 Å². The summed E-state index contributed by atoms with van der Waals surface area (Å²) in [5, 5.41) is 0. The van der Waals surface area contributed by atoms with Crippen molar-refractivity contribution in [3.8, 4) is 0 Å². The topological polar surface area (TPSA) is 13.1 Å². The maximum Gasteiger partial charge on any atom is 0.127 e. The van der Waals surface area contributed by atoms with E-state index in [1.54, 1.807) is 0 Å². The Morgan fingerprint density at radius 1 is 0.923 bits per heavy atom. The van der Waals surface area contributed by atoms with E-state index in [0.29, 0.717) is 0 Å². The molecule has 0 saturated carbocycles. The molecule has 70 valence electrons. The summed E-state index contributed by atoms with van der Waals surface area (Å²) in [5.41, 5.74) is 2.50. The van der Waals surface area contributed by atoms with E-state index in [1.165, 1.54) is 11.1 Å². The third kappa shape index (κ3) is 3.32. The van der Waals surface area contributed by atoms with Gasteiger partial charge in [-0.2, -0.15) is 0 Å². The number of hydrogen-bond donors (Lipinski definition) is 0. The summed E-state index contributed by atoms with van der Waals surface area (Å²) in [6.45, 7) is 8.23. The van der Waals surface area contributed by atoms with Crippen molar-refractivity contribution >= 4 is 12.2 Å². The minimum Gasteiger partial charge on any atom is -0.457 e. The van der Waals surface area contributed by atoms with Crippen molar-refractivity contribution in [3.63, 3.8) is 0 Å². The molecule has 1 aromatic rings. The third-order valence-corrected chi connectivity index (χ3v) is 1.51. The summed E-state index contributed by atoms with van der Waals surface area (Å²) in [7, 11) is 0. The van der Waals surface area contributed by atoms with Gasteiger partial charge < -0.3 is 4.42 Å². The zero-order chi connectivity index (χ0) is 9.84. The first-order chi connectivity index (χ1) is 6.08. The van der Waals surface area contributed by atoms with E-state index < -0.39 is 0 Å². The molecule has 0 bridgehead atoms. The van der Waals surface area contributed by atoms with Gasteiger partial charge >= 0.3 is 0 Å². The molecular formula is C12H16O. The molecule has 0 spiro atoms. The van der Waals surface area contributed by atoms with Crippen LogP contribution >= 0.6 is 0 Å². The lowest BCUT2D eigenvalue weighted by molar-refractivity contribution is 0.546. The van der Waals surface area contributed by atoms with E-state index in [1.807, 2.05) is 24.3 Å². The maximum atomic E-state index is 5.55. The van der Waals surface area contributed by atoms with Crippen LogP contribution in [0.5, 0.6) is 0 Å². The molecule has 0 saturated heterocycles. The lowest BCUT2D eigenvalue weighted by atomic mass is 10.3. The average molecular weight is 176 g/mol. The van der Waals surface area contributed by atoms with Crippen molar-refractivity contribution in [2.45, 2.75) is 27.7 Å². The Bertz CT molecular complexity index is 299. The lowest BCUT2D eigenvalue weighted by Crippen LogP contribution is -1.66. The second-order valence-electron chi connectivity index (χ2n) is 3.68. The van der Waals surface area contributed by atoms with Gasteiger partial charge in [0.15, 0.2) is 0 Å². The molecular weight excluding hydrogens is 160 g/mol. The molecule has 0 amide bonds. The van der Waals surface area contributed by atoms with Crippen LogP contribution < -0.4 is 0 Å². The fourth-order valence-electron chi connectivity index (χ4n) is 1.09. The highest BCUT2D eigenvalue weighted by Crippen LogP contribution is 2.14. The fourth-order valence-corrected chi connectivity index (χ4v) is 1.09. The van der Waals surface area contributed by atoms with Gasteiger partial charge in [-0.05, 0) is 52.0 Å². The van der Waals surface area contributed by atoms with Crippen LogP contribution in [-0.4, -0.2) is 0 Å². The molecule has 0 radical (unpaired) electrons. The summed E-state index contributed by atoms with van der Waals surface area (Å²) in [4.78, 5) is 0. The smallest absolute Gasteiger partial charge is 0.127 e. The minimum atomic E-state index is 0.924. The zero-order valence-corrected chi connectivity index (χ0v) is 8.72. The predicted octanol–water partition coefficient (Wildman–Crippen LogP) is 4.13. The Balaban J connectivity index is 2.87. The Morgan fingerprint density at radius 3 is 1.62 bits per heavy atom. The number of furan rings is 1. The first-order valence-corrected chi connectivity index (χ1v) is 4.47. The Morgan fingerprint density at radius 2 is 1.31 bits per heavy atom. The molecule has 0 aliphatic heterocycles. The van der Waals surface area contributed by atoms with Crippen LogP contribution in [0.4, 0.5) is 0 Å². The summed E-state index contributed by atoms with van der Waals surface area (Å²) in [6, 6.07) is 3.98. The van der Waals surface area contributed by atoms with E-state index in [4.69, 9.17) is 4.42 Å². The van der Waals surface area contributed by atoms with Gasteiger partial charge in [0, 0.05) is 0 Å². The summed E-state index contributed by atoms with van der Waals surface area (Å²) >= 11 is 0. The second kappa shape index (κ2) is 4.13. The summed E-state index contributed by atoms with van der Waals surface area (Å²) in [5.74, 6) is 1.85. The third-order valence-electron chi connectivity index (χ3n) is 1.51. The van der Waals surface area contributed by atoms with Crippen LogP contribution in [-0.2, 0) is 0 Å². The summed E-state index contributed by atoms with van der Waals surface area (Å²) < 4.78 is 5.55. The summed E-state index contributed by atoms with van der Waals surface area (Å²) in [6.07, 6.45) is 4.06. The predicted molar refractivity (Wildman–Crippen MR) is 57.4 cm³/mol. The normalized spacial score (nSPS) is 9.54. The molecule has 0 aliphatic carbocycles. The highest BCUT2D eigenvalue weighted by Gasteiger charge is 1.95. The molecule has 0 aromatic carbocycles. The second-order valence-corrected chi connectivity index (χ2v) is 3.68. The molecule has 0 atom stereocenters. The molecule has 1 aromatic heterocycles. The SMILES string of the molecule is CC(C)=Cc1ccc(C=C(C)C)o1. The number of hydrogen-bond acceptors (Lipinski definition) is 1. The molecule has 0 aliphatic rings. The van der Waals surface area contributed by atoms with Crippen molar-refractivity contribution in [1.82, 2.24) is 0 Å². The standard InChI is InChI=1S/C12H16O/c1-9(2)7-11-5-6-12(13-11)8-10(3)4/h5-8H,1-4H3. The van der Waals surface area contributed by atoms with E-state index >= 15 is 0 Å². The maximum absolute atomic E-state index is 5.55. The van der Waals surface area contributed by atoms with Crippen molar-refractivity contribution in [2.75, 3.05) is 0 Å². The van der Waals surface area contributed by atoms with Crippen LogP contribution in [0.1, 0.15) is 39.2 Å². The highest BCUT2D eigenvalue weighted by molar-refractivity contribution is 5.52. The van der Waals surface area contributed by atoms with E-state index in [9.17, 15) is 0 Å². The quantitative estimate of drug-likeness (QED) is 0.660. The van der Waals surface area contributed by atoms with Gasteiger partial charge in [0.25, 0.3) is 0 Å². The molecule has 1 rings (SSSR count). The Labute approximate surface area is 79.8 Å². The average Bonchev–Trinajstić information content (AvgIpc) is 2.33. The van der Waals surface area contributed by atoms with E-state index in [2.05, 4.69) is 27.7 Å². The van der Waals surface area contributed by atoms with Crippen LogP contribution in [0.15, 0.2) is 27.7 Å². The molecule has 13 heavy (non-hydrogen) atoms. The Hall–Kier alpha value is -1.24. The first kappa shape index (κ1) is 9.85. The van der Waals surface area contributed by atoms with Gasteiger partial charge in [-0.15, -0.1) is 0 Å². The Kier molecular flexibility index (Phi) is 3.13. The van der Waals surface area contributed by atoms with Crippen molar-refractivity contribution in [2.24, 2.45) is 0 Å². The lowest BCUT2D eigenvalue weighted by Gasteiger charge is -1.89. The largest absolute Gasteiger partial charge is 0.457 e. The van der Waals surface area contributed by atoms with Crippen LogP contribution in [0.3, 0.4) is 0 Å².